The minimum atomic E-state index is -1.08. The zero-order chi connectivity index (χ0) is 13.9. The zero-order valence-electron chi connectivity index (χ0n) is 10.8. The summed E-state index contributed by atoms with van der Waals surface area (Å²) in [7, 11) is 0. The predicted octanol–water partition coefficient (Wildman–Crippen LogP) is 0.524. The Bertz CT molecular complexity index is 356. The molecule has 2 N–H and O–H groups in total. The number of carboxylic acid groups (broad SMARTS) is 1. The number of β-amino-alcohol motifs (C(OH)–C–C–N with tert-alkyl or cyclic N) is 1. The smallest absolute Gasteiger partial charge is 0.326 e. The first-order chi connectivity index (χ1) is 8.36. The molecule has 18 heavy (non-hydrogen) atoms. The van der Waals surface area contributed by atoms with Gasteiger partial charge >= 0.3 is 12.0 Å². The minimum absolute atomic E-state index is 0.0719. The molecule has 6 heteroatoms. The van der Waals surface area contributed by atoms with Crippen LogP contribution in [0.4, 0.5) is 4.79 Å². The van der Waals surface area contributed by atoms with E-state index in [1.54, 1.807) is 0 Å². The summed E-state index contributed by atoms with van der Waals surface area (Å²) in [5, 5.41) is 18.6. The SMILES string of the molecule is C=C(C)CN(CC)C(=O)N1C[C@@H](O)C[C@H]1C(=O)O. The highest BCUT2D eigenvalue weighted by Crippen LogP contribution is 2.20. The highest BCUT2D eigenvalue weighted by atomic mass is 16.4. The number of carbonyl (C=O) groups excluding carboxylic acids is 1. The van der Waals surface area contributed by atoms with Crippen molar-refractivity contribution in [2.75, 3.05) is 19.6 Å². The lowest BCUT2D eigenvalue weighted by Crippen LogP contribution is -2.48. The van der Waals surface area contributed by atoms with E-state index >= 15 is 0 Å². The van der Waals surface area contributed by atoms with Gasteiger partial charge in [0.25, 0.3) is 0 Å². The van der Waals surface area contributed by atoms with E-state index in [1.165, 1.54) is 9.80 Å². The number of likely N-dealkylation sites (tertiary alicyclic amines) is 1. The molecule has 0 bridgehead atoms. The number of amides is 2. The van der Waals surface area contributed by atoms with Crippen LogP contribution < -0.4 is 0 Å². The van der Waals surface area contributed by atoms with Gasteiger partial charge < -0.3 is 20.0 Å². The van der Waals surface area contributed by atoms with E-state index in [9.17, 15) is 14.7 Å². The molecular weight excluding hydrogens is 236 g/mol. The molecule has 102 valence electrons. The number of carbonyl (C=O) groups is 2. The molecule has 0 aromatic carbocycles. The molecule has 0 unspecified atom stereocenters. The van der Waals surface area contributed by atoms with Crippen molar-refractivity contribution in [1.29, 1.82) is 0 Å². The molecule has 0 spiro atoms. The largest absolute Gasteiger partial charge is 0.480 e. The number of hydrogen-bond acceptors (Lipinski definition) is 3. The Kier molecular flexibility index (Phi) is 4.72. The number of hydrogen-bond donors (Lipinski definition) is 2. The third kappa shape index (κ3) is 3.22. The maximum absolute atomic E-state index is 12.2. The fraction of sp³-hybridized carbons (Fsp3) is 0.667. The second-order valence-electron chi connectivity index (χ2n) is 4.65. The van der Waals surface area contributed by atoms with Gasteiger partial charge in [-0.15, -0.1) is 0 Å². The van der Waals surface area contributed by atoms with Crippen molar-refractivity contribution in [2.24, 2.45) is 0 Å². The fourth-order valence-corrected chi connectivity index (χ4v) is 2.08. The Balaban J connectivity index is 2.80. The molecule has 1 aliphatic heterocycles. The van der Waals surface area contributed by atoms with E-state index in [0.29, 0.717) is 13.1 Å². The summed E-state index contributed by atoms with van der Waals surface area (Å²) in [5.41, 5.74) is 0.830. The fourth-order valence-electron chi connectivity index (χ4n) is 2.08. The van der Waals surface area contributed by atoms with E-state index in [4.69, 9.17) is 5.11 Å². The number of aliphatic hydroxyl groups excluding tert-OH is 1. The monoisotopic (exact) mass is 256 g/mol. The van der Waals surface area contributed by atoms with Crippen molar-refractivity contribution in [1.82, 2.24) is 9.80 Å². The number of nitrogens with zero attached hydrogens (tertiary/aromatic N) is 2. The van der Waals surface area contributed by atoms with E-state index in [1.807, 2.05) is 13.8 Å². The second-order valence-corrected chi connectivity index (χ2v) is 4.65. The number of aliphatic hydroxyl groups is 1. The summed E-state index contributed by atoms with van der Waals surface area (Å²) < 4.78 is 0. The average molecular weight is 256 g/mol. The highest BCUT2D eigenvalue weighted by Gasteiger charge is 2.40. The Labute approximate surface area is 106 Å². The predicted molar refractivity (Wildman–Crippen MR) is 66.2 cm³/mol. The van der Waals surface area contributed by atoms with Gasteiger partial charge in [-0.2, -0.15) is 0 Å². The molecule has 0 aromatic rings. The van der Waals surface area contributed by atoms with Gasteiger partial charge in [-0.05, 0) is 13.8 Å². The van der Waals surface area contributed by atoms with E-state index in [-0.39, 0.29) is 19.0 Å². The summed E-state index contributed by atoms with van der Waals surface area (Å²) in [6.45, 7) is 8.32. The molecule has 0 aromatic heterocycles. The second kappa shape index (κ2) is 5.86. The van der Waals surface area contributed by atoms with Gasteiger partial charge in [0.15, 0.2) is 0 Å². The van der Waals surface area contributed by atoms with Crippen molar-refractivity contribution >= 4 is 12.0 Å². The average Bonchev–Trinajstić information content (AvgIpc) is 2.67. The van der Waals surface area contributed by atoms with Crippen molar-refractivity contribution < 1.29 is 19.8 Å². The van der Waals surface area contributed by atoms with Crippen LogP contribution in [-0.4, -0.2) is 63.8 Å². The topological polar surface area (TPSA) is 81.1 Å². The summed E-state index contributed by atoms with van der Waals surface area (Å²) in [6.07, 6.45) is -0.676. The number of rotatable bonds is 4. The quantitative estimate of drug-likeness (QED) is 0.719. The van der Waals surface area contributed by atoms with Gasteiger partial charge in [-0.25, -0.2) is 9.59 Å². The molecule has 0 radical (unpaired) electrons. The molecular formula is C12H20N2O4. The lowest BCUT2D eigenvalue weighted by molar-refractivity contribution is -0.141. The first-order valence-corrected chi connectivity index (χ1v) is 5.97. The summed E-state index contributed by atoms with van der Waals surface area (Å²) in [4.78, 5) is 26.0. The van der Waals surface area contributed by atoms with Crippen LogP contribution in [0, 0.1) is 0 Å². The van der Waals surface area contributed by atoms with Gasteiger partial charge in [0.2, 0.25) is 0 Å². The Hall–Kier alpha value is -1.56. The molecule has 1 fully saturated rings. The maximum atomic E-state index is 12.2. The molecule has 1 aliphatic rings. The van der Waals surface area contributed by atoms with Crippen molar-refractivity contribution in [3.05, 3.63) is 12.2 Å². The normalized spacial score (nSPS) is 22.9. The van der Waals surface area contributed by atoms with Gasteiger partial charge in [0.1, 0.15) is 6.04 Å². The molecule has 6 nitrogen and oxygen atoms in total. The van der Waals surface area contributed by atoms with E-state index < -0.39 is 18.1 Å². The Morgan fingerprint density at radius 2 is 2.11 bits per heavy atom. The molecule has 0 aliphatic carbocycles. The molecule has 1 saturated heterocycles. The number of likely N-dealkylation sites (N-methyl/N-ethyl adjacent to an activating group) is 1. The van der Waals surface area contributed by atoms with Gasteiger partial charge in [0, 0.05) is 26.1 Å². The first kappa shape index (κ1) is 14.5. The van der Waals surface area contributed by atoms with Crippen LogP contribution in [-0.2, 0) is 4.79 Å². The number of aliphatic carboxylic acids is 1. The number of urea groups is 1. The molecule has 1 rings (SSSR count). The zero-order valence-corrected chi connectivity index (χ0v) is 10.8. The molecule has 2 amide bonds. The van der Waals surface area contributed by atoms with Crippen molar-refractivity contribution in [2.45, 2.75) is 32.4 Å². The Morgan fingerprint density at radius 1 is 1.50 bits per heavy atom. The third-order valence-electron chi connectivity index (χ3n) is 2.92. The maximum Gasteiger partial charge on any atom is 0.326 e. The Morgan fingerprint density at radius 3 is 2.56 bits per heavy atom. The van der Waals surface area contributed by atoms with Crippen LogP contribution in [0.15, 0.2) is 12.2 Å². The summed E-state index contributed by atoms with van der Waals surface area (Å²) in [5.74, 6) is -1.08. The third-order valence-corrected chi connectivity index (χ3v) is 2.92. The van der Waals surface area contributed by atoms with Crippen LogP contribution in [0.2, 0.25) is 0 Å². The van der Waals surface area contributed by atoms with Crippen LogP contribution in [0.25, 0.3) is 0 Å². The number of carboxylic acids is 1. The van der Waals surface area contributed by atoms with Crippen molar-refractivity contribution in [3.8, 4) is 0 Å². The van der Waals surface area contributed by atoms with Crippen LogP contribution >= 0.6 is 0 Å². The van der Waals surface area contributed by atoms with E-state index in [2.05, 4.69) is 6.58 Å². The highest BCUT2D eigenvalue weighted by molar-refractivity contribution is 5.83. The standard InChI is InChI=1S/C12H20N2O4/c1-4-13(6-8(2)3)12(18)14-7-9(15)5-10(14)11(16)17/h9-10,15H,2,4-7H2,1,3H3,(H,16,17)/t9-,10-/m0/s1. The lowest BCUT2D eigenvalue weighted by atomic mass is 10.2. The van der Waals surface area contributed by atoms with Crippen LogP contribution in [0.3, 0.4) is 0 Å². The lowest BCUT2D eigenvalue weighted by Gasteiger charge is -2.29. The molecule has 2 atom stereocenters. The summed E-state index contributed by atoms with van der Waals surface area (Å²) in [6, 6.07) is -1.30. The first-order valence-electron chi connectivity index (χ1n) is 5.97. The van der Waals surface area contributed by atoms with Gasteiger partial charge in [-0.3, -0.25) is 0 Å². The van der Waals surface area contributed by atoms with Gasteiger partial charge in [-0.1, -0.05) is 12.2 Å². The molecule has 0 saturated carbocycles. The van der Waals surface area contributed by atoms with Crippen LogP contribution in [0.1, 0.15) is 20.3 Å². The summed E-state index contributed by atoms with van der Waals surface area (Å²) >= 11 is 0. The van der Waals surface area contributed by atoms with Crippen molar-refractivity contribution in [3.63, 3.8) is 0 Å². The minimum Gasteiger partial charge on any atom is -0.480 e. The molecule has 1 heterocycles. The van der Waals surface area contributed by atoms with E-state index in [0.717, 1.165) is 5.57 Å². The van der Waals surface area contributed by atoms with Crippen LogP contribution in [0.5, 0.6) is 0 Å². The van der Waals surface area contributed by atoms with Gasteiger partial charge in [0.05, 0.1) is 6.10 Å².